The van der Waals surface area contributed by atoms with Crippen molar-refractivity contribution in [2.24, 2.45) is 0 Å². The fourth-order valence-electron chi connectivity index (χ4n) is 1.77. The Kier molecular flexibility index (Phi) is 3.72. The Bertz CT molecular complexity index is 390. The van der Waals surface area contributed by atoms with Gasteiger partial charge in [0.1, 0.15) is 19.5 Å². The number of aryl methyl sites for hydroxylation is 1. The van der Waals surface area contributed by atoms with Crippen LogP contribution in [-0.4, -0.2) is 25.8 Å². The lowest BCUT2D eigenvalue weighted by Gasteiger charge is -2.22. The Balaban J connectivity index is 2.35. The van der Waals surface area contributed by atoms with Gasteiger partial charge in [0, 0.05) is 6.42 Å². The second-order valence-electron chi connectivity index (χ2n) is 3.49. The summed E-state index contributed by atoms with van der Waals surface area (Å²) in [5, 5.41) is 0. The van der Waals surface area contributed by atoms with Crippen molar-refractivity contribution in [1.82, 2.24) is 0 Å². The predicted molar refractivity (Wildman–Crippen MR) is 63.6 cm³/mol. The van der Waals surface area contributed by atoms with Gasteiger partial charge in [-0.1, -0.05) is 6.07 Å². The van der Waals surface area contributed by atoms with E-state index < -0.39 is 0 Å². The van der Waals surface area contributed by atoms with E-state index in [1.807, 2.05) is 18.4 Å². The van der Waals surface area contributed by atoms with E-state index in [2.05, 4.69) is 0 Å². The van der Waals surface area contributed by atoms with Crippen LogP contribution in [0.25, 0.3) is 0 Å². The minimum atomic E-state index is 0.549. The van der Waals surface area contributed by atoms with Crippen LogP contribution in [0.3, 0.4) is 0 Å². The number of hydrogen-bond donors (Lipinski definition) is 0. The van der Waals surface area contributed by atoms with Gasteiger partial charge in [0.2, 0.25) is 0 Å². The van der Waals surface area contributed by atoms with Crippen LogP contribution in [-0.2, 0) is 11.2 Å². The highest BCUT2D eigenvalue weighted by Crippen LogP contribution is 2.41. The van der Waals surface area contributed by atoms with Crippen molar-refractivity contribution < 1.29 is 14.3 Å². The lowest BCUT2D eigenvalue weighted by molar-refractivity contribution is -0.107. The number of hydrogen-bond acceptors (Lipinski definition) is 4. The maximum Gasteiger partial charge on any atom is 0.175 e. The van der Waals surface area contributed by atoms with Gasteiger partial charge in [0.15, 0.2) is 11.5 Å². The Hall–Kier alpha value is -1.16. The highest BCUT2D eigenvalue weighted by Gasteiger charge is 2.18. The van der Waals surface area contributed by atoms with E-state index in [0.29, 0.717) is 19.6 Å². The molecule has 0 atom stereocenters. The topological polar surface area (TPSA) is 35.5 Å². The van der Waals surface area contributed by atoms with Crippen LogP contribution in [0, 0.1) is 0 Å². The molecule has 2 rings (SSSR count). The van der Waals surface area contributed by atoms with Gasteiger partial charge < -0.3 is 14.3 Å². The van der Waals surface area contributed by atoms with E-state index in [0.717, 1.165) is 34.7 Å². The summed E-state index contributed by atoms with van der Waals surface area (Å²) in [5.74, 6) is 1.65. The molecular weight excluding hydrogens is 224 g/mol. The maximum atomic E-state index is 10.4. The number of carbonyl (C=O) groups excluding carboxylic acids is 1. The summed E-state index contributed by atoms with van der Waals surface area (Å²) in [7, 11) is 0. The number of benzene rings is 1. The number of aldehydes is 1. The first-order valence-corrected chi connectivity index (χ1v) is 6.48. The van der Waals surface area contributed by atoms with Crippen LogP contribution in [0.5, 0.6) is 11.5 Å². The van der Waals surface area contributed by atoms with Gasteiger partial charge in [-0.2, -0.15) is 0 Å². The minimum Gasteiger partial charge on any atom is -0.486 e. The zero-order valence-corrected chi connectivity index (χ0v) is 10.0. The monoisotopic (exact) mass is 238 g/mol. The standard InChI is InChI=1S/C12H14O3S/c1-16-12-9(3-2-6-13)4-5-10-11(12)15-8-7-14-10/h4-6H,2-3,7-8H2,1H3. The average Bonchev–Trinajstić information content (AvgIpc) is 2.35. The second-order valence-corrected chi connectivity index (χ2v) is 4.30. The van der Waals surface area contributed by atoms with Crippen molar-refractivity contribution in [3.63, 3.8) is 0 Å². The molecule has 0 fully saturated rings. The fourth-order valence-corrected chi connectivity index (χ4v) is 2.54. The first-order valence-electron chi connectivity index (χ1n) is 5.26. The summed E-state index contributed by atoms with van der Waals surface area (Å²) >= 11 is 1.64. The van der Waals surface area contributed by atoms with Crippen molar-refractivity contribution in [2.45, 2.75) is 17.7 Å². The molecule has 86 valence electrons. The van der Waals surface area contributed by atoms with Crippen LogP contribution in [0.15, 0.2) is 17.0 Å². The SMILES string of the molecule is CSc1c(CCC=O)ccc2c1OCCO2. The number of carbonyl (C=O) groups is 1. The number of thioether (sulfide) groups is 1. The van der Waals surface area contributed by atoms with Gasteiger partial charge in [0.05, 0.1) is 4.90 Å². The molecule has 1 aliphatic rings. The van der Waals surface area contributed by atoms with Gasteiger partial charge in [-0.3, -0.25) is 0 Å². The first-order chi connectivity index (χ1) is 7.86. The Morgan fingerprint density at radius 3 is 2.94 bits per heavy atom. The van der Waals surface area contributed by atoms with Crippen molar-refractivity contribution in [3.05, 3.63) is 17.7 Å². The maximum absolute atomic E-state index is 10.4. The van der Waals surface area contributed by atoms with Crippen molar-refractivity contribution in [1.29, 1.82) is 0 Å². The molecule has 0 aromatic heterocycles. The highest BCUT2D eigenvalue weighted by molar-refractivity contribution is 7.98. The average molecular weight is 238 g/mol. The summed E-state index contributed by atoms with van der Waals surface area (Å²) in [4.78, 5) is 11.5. The van der Waals surface area contributed by atoms with Gasteiger partial charge in [0.25, 0.3) is 0 Å². The zero-order valence-electron chi connectivity index (χ0n) is 9.19. The third kappa shape index (κ3) is 2.16. The third-order valence-electron chi connectivity index (χ3n) is 2.48. The number of fused-ring (bicyclic) bond motifs is 1. The Morgan fingerprint density at radius 1 is 1.38 bits per heavy atom. The van der Waals surface area contributed by atoms with Crippen LogP contribution >= 0.6 is 11.8 Å². The smallest absolute Gasteiger partial charge is 0.175 e. The predicted octanol–water partition coefficient (Wildman–Crippen LogP) is 2.31. The van der Waals surface area contributed by atoms with Crippen LogP contribution in [0.1, 0.15) is 12.0 Å². The molecule has 1 aliphatic heterocycles. The van der Waals surface area contributed by atoms with Gasteiger partial charge >= 0.3 is 0 Å². The molecule has 0 radical (unpaired) electrons. The van der Waals surface area contributed by atoms with Crippen molar-refractivity contribution in [2.75, 3.05) is 19.5 Å². The van der Waals surface area contributed by atoms with Crippen molar-refractivity contribution >= 4 is 18.0 Å². The molecule has 0 amide bonds. The molecule has 0 unspecified atom stereocenters. The number of ether oxygens (including phenoxy) is 2. The fraction of sp³-hybridized carbons (Fsp3) is 0.417. The van der Waals surface area contributed by atoms with E-state index >= 15 is 0 Å². The van der Waals surface area contributed by atoms with E-state index in [1.165, 1.54) is 0 Å². The molecule has 0 aliphatic carbocycles. The summed E-state index contributed by atoms with van der Waals surface area (Å²) in [6.45, 7) is 1.20. The van der Waals surface area contributed by atoms with E-state index in [9.17, 15) is 4.79 Å². The summed E-state index contributed by atoms with van der Waals surface area (Å²) in [5.41, 5.74) is 1.16. The quantitative estimate of drug-likeness (QED) is 0.595. The summed E-state index contributed by atoms with van der Waals surface area (Å²) < 4.78 is 11.1. The minimum absolute atomic E-state index is 0.549. The normalized spacial score (nSPS) is 13.6. The molecule has 4 heteroatoms. The molecule has 0 saturated heterocycles. The second kappa shape index (κ2) is 5.25. The van der Waals surface area contributed by atoms with Gasteiger partial charge in [-0.05, 0) is 24.3 Å². The highest BCUT2D eigenvalue weighted by atomic mass is 32.2. The third-order valence-corrected chi connectivity index (χ3v) is 3.34. The van der Waals surface area contributed by atoms with Crippen molar-refractivity contribution in [3.8, 4) is 11.5 Å². The molecule has 0 N–H and O–H groups in total. The van der Waals surface area contributed by atoms with E-state index in [1.54, 1.807) is 11.8 Å². The Morgan fingerprint density at radius 2 is 2.19 bits per heavy atom. The molecule has 1 aromatic rings. The lowest BCUT2D eigenvalue weighted by Crippen LogP contribution is -2.16. The molecular formula is C12H14O3S. The molecule has 0 spiro atoms. The molecule has 1 aromatic carbocycles. The van der Waals surface area contributed by atoms with E-state index in [-0.39, 0.29) is 0 Å². The lowest BCUT2D eigenvalue weighted by atomic mass is 10.1. The first kappa shape index (κ1) is 11.3. The van der Waals surface area contributed by atoms with Crippen LogP contribution in [0.2, 0.25) is 0 Å². The van der Waals surface area contributed by atoms with E-state index in [4.69, 9.17) is 9.47 Å². The van der Waals surface area contributed by atoms with Crippen LogP contribution < -0.4 is 9.47 Å². The zero-order chi connectivity index (χ0) is 11.4. The number of rotatable bonds is 4. The van der Waals surface area contributed by atoms with Gasteiger partial charge in [-0.25, -0.2) is 0 Å². The molecule has 1 heterocycles. The molecule has 0 saturated carbocycles. The largest absolute Gasteiger partial charge is 0.486 e. The summed E-state index contributed by atoms with van der Waals surface area (Å²) in [6, 6.07) is 3.94. The molecule has 0 bridgehead atoms. The Labute approximate surface area is 99.1 Å². The molecule has 16 heavy (non-hydrogen) atoms. The summed E-state index contributed by atoms with van der Waals surface area (Å²) in [6.07, 6.45) is 4.27. The molecule has 3 nitrogen and oxygen atoms in total. The van der Waals surface area contributed by atoms with Gasteiger partial charge in [-0.15, -0.1) is 11.8 Å². The van der Waals surface area contributed by atoms with Crippen LogP contribution in [0.4, 0.5) is 0 Å².